The highest BCUT2D eigenvalue weighted by atomic mass is 32.2. The fourth-order valence-electron chi connectivity index (χ4n) is 4.75. The molecule has 2 heterocycles. The summed E-state index contributed by atoms with van der Waals surface area (Å²) >= 11 is 0. The quantitative estimate of drug-likeness (QED) is 0.664. The largest absolute Gasteiger partial charge is 0.313 e. The predicted molar refractivity (Wildman–Crippen MR) is 117 cm³/mol. The number of benzene rings is 2. The van der Waals surface area contributed by atoms with Crippen molar-refractivity contribution in [2.45, 2.75) is 56.9 Å². The molecule has 2 aliphatic heterocycles. The Hall–Kier alpha value is -1.73. The summed E-state index contributed by atoms with van der Waals surface area (Å²) in [5, 5.41) is 3.52. The summed E-state index contributed by atoms with van der Waals surface area (Å²) in [5.41, 5.74) is 2.36. The van der Waals surface area contributed by atoms with Gasteiger partial charge in [-0.3, -0.25) is 4.90 Å². The highest BCUT2D eigenvalue weighted by Crippen LogP contribution is 2.36. The first-order chi connectivity index (χ1) is 14.1. The minimum Gasteiger partial charge on any atom is -0.313 e. The highest BCUT2D eigenvalue weighted by Gasteiger charge is 2.40. The normalized spacial score (nSPS) is 24.6. The van der Waals surface area contributed by atoms with Gasteiger partial charge in [0.1, 0.15) is 0 Å². The van der Waals surface area contributed by atoms with Crippen LogP contribution in [0.2, 0.25) is 0 Å². The molecule has 2 fully saturated rings. The van der Waals surface area contributed by atoms with Gasteiger partial charge in [-0.1, -0.05) is 60.7 Å². The molecule has 0 amide bonds. The van der Waals surface area contributed by atoms with Crippen LogP contribution in [-0.2, 0) is 23.1 Å². The van der Waals surface area contributed by atoms with Crippen molar-refractivity contribution in [3.05, 3.63) is 71.8 Å². The van der Waals surface area contributed by atoms with Crippen LogP contribution in [0.4, 0.5) is 0 Å². The van der Waals surface area contributed by atoms with Gasteiger partial charge in [-0.15, -0.1) is 0 Å². The van der Waals surface area contributed by atoms with Crippen molar-refractivity contribution in [3.8, 4) is 0 Å². The number of hydrogen-bond donors (Lipinski definition) is 2. The number of piperidine rings is 1. The van der Waals surface area contributed by atoms with Gasteiger partial charge < -0.3 is 5.32 Å². The molecule has 0 aliphatic carbocycles. The molecule has 2 saturated heterocycles. The van der Waals surface area contributed by atoms with Gasteiger partial charge in [0.2, 0.25) is 10.0 Å². The molecule has 5 nitrogen and oxygen atoms in total. The Labute approximate surface area is 174 Å². The van der Waals surface area contributed by atoms with Gasteiger partial charge in [0, 0.05) is 37.8 Å². The topological polar surface area (TPSA) is 61.4 Å². The second kappa shape index (κ2) is 9.39. The first-order valence-corrected chi connectivity index (χ1v) is 12.3. The van der Waals surface area contributed by atoms with Crippen LogP contribution in [0.1, 0.15) is 36.8 Å². The summed E-state index contributed by atoms with van der Waals surface area (Å²) in [7, 11) is -3.27. The fourth-order valence-corrected chi connectivity index (χ4v) is 5.67. The second-order valence-electron chi connectivity index (χ2n) is 8.29. The van der Waals surface area contributed by atoms with Gasteiger partial charge in [-0.25, -0.2) is 13.1 Å². The highest BCUT2D eigenvalue weighted by molar-refractivity contribution is 7.89. The van der Waals surface area contributed by atoms with E-state index in [0.29, 0.717) is 31.2 Å². The molecular weight excluding hydrogens is 382 g/mol. The Bertz CT molecular complexity index is 860. The molecule has 29 heavy (non-hydrogen) atoms. The molecule has 0 saturated carbocycles. The molecule has 2 bridgehead atoms. The third-order valence-corrected chi connectivity index (χ3v) is 7.56. The molecule has 6 heteroatoms. The molecule has 0 aromatic heterocycles. The summed E-state index contributed by atoms with van der Waals surface area (Å²) in [5.74, 6) is 0.124. The van der Waals surface area contributed by atoms with Crippen LogP contribution in [0.25, 0.3) is 0 Å². The minimum atomic E-state index is -3.27. The van der Waals surface area contributed by atoms with E-state index in [1.54, 1.807) is 0 Å². The van der Waals surface area contributed by atoms with Crippen molar-refractivity contribution in [2.24, 2.45) is 0 Å². The summed E-state index contributed by atoms with van der Waals surface area (Å²) in [6.45, 7) is 1.89. The van der Waals surface area contributed by atoms with E-state index in [0.717, 1.165) is 24.9 Å². The van der Waals surface area contributed by atoms with Crippen molar-refractivity contribution in [3.63, 3.8) is 0 Å². The second-order valence-corrected chi connectivity index (χ2v) is 10.2. The van der Waals surface area contributed by atoms with E-state index in [9.17, 15) is 8.42 Å². The standard InChI is InChI=1S/C23H31N3O2S/c27-29(28,25-17-19-7-3-1-4-8-19)14-13-24-21-15-22-11-12-23(16-21)26(22)18-20-9-5-2-6-10-20/h1-10,21-25H,11-18H2. The van der Waals surface area contributed by atoms with Crippen LogP contribution in [0.5, 0.6) is 0 Å². The lowest BCUT2D eigenvalue weighted by atomic mass is 9.96. The number of hydrogen-bond acceptors (Lipinski definition) is 4. The smallest absolute Gasteiger partial charge is 0.213 e. The fraction of sp³-hybridized carbons (Fsp3) is 0.478. The van der Waals surface area contributed by atoms with Gasteiger partial charge in [0.05, 0.1) is 5.75 Å². The molecule has 2 aliphatic rings. The monoisotopic (exact) mass is 413 g/mol. The third-order valence-electron chi connectivity index (χ3n) is 6.24. The zero-order valence-electron chi connectivity index (χ0n) is 16.8. The van der Waals surface area contributed by atoms with Gasteiger partial charge in [0.15, 0.2) is 0 Å². The zero-order valence-corrected chi connectivity index (χ0v) is 17.7. The summed E-state index contributed by atoms with van der Waals surface area (Å²) in [6.07, 6.45) is 4.74. The molecule has 4 rings (SSSR count). The van der Waals surface area contributed by atoms with Gasteiger partial charge in [0.25, 0.3) is 0 Å². The first kappa shape index (κ1) is 20.5. The lowest BCUT2D eigenvalue weighted by Crippen LogP contribution is -2.49. The Morgan fingerprint density at radius 1 is 0.862 bits per heavy atom. The van der Waals surface area contributed by atoms with E-state index in [4.69, 9.17) is 0 Å². The van der Waals surface area contributed by atoms with Crippen molar-refractivity contribution < 1.29 is 8.42 Å². The van der Waals surface area contributed by atoms with Crippen LogP contribution in [-0.4, -0.2) is 43.7 Å². The van der Waals surface area contributed by atoms with Crippen molar-refractivity contribution >= 4 is 10.0 Å². The van der Waals surface area contributed by atoms with Crippen LogP contribution < -0.4 is 10.0 Å². The average molecular weight is 414 g/mol. The Morgan fingerprint density at radius 3 is 2.07 bits per heavy atom. The molecule has 0 radical (unpaired) electrons. The van der Waals surface area contributed by atoms with Crippen molar-refractivity contribution in [1.82, 2.24) is 14.9 Å². The van der Waals surface area contributed by atoms with E-state index in [1.165, 1.54) is 18.4 Å². The van der Waals surface area contributed by atoms with E-state index in [2.05, 4.69) is 45.3 Å². The molecule has 0 spiro atoms. The van der Waals surface area contributed by atoms with E-state index >= 15 is 0 Å². The first-order valence-electron chi connectivity index (χ1n) is 10.6. The number of nitrogens with zero attached hydrogens (tertiary/aromatic N) is 1. The van der Waals surface area contributed by atoms with Crippen molar-refractivity contribution in [1.29, 1.82) is 0 Å². The summed E-state index contributed by atoms with van der Waals surface area (Å²) in [6, 6.07) is 22.0. The number of sulfonamides is 1. The Morgan fingerprint density at radius 2 is 1.45 bits per heavy atom. The van der Waals surface area contributed by atoms with E-state index in [1.807, 2.05) is 30.3 Å². The Kier molecular flexibility index (Phi) is 6.65. The van der Waals surface area contributed by atoms with E-state index in [-0.39, 0.29) is 5.75 Å². The SMILES string of the molecule is O=S(=O)(CCNC1CC2CCC(C1)N2Cc1ccccc1)NCc1ccccc1. The van der Waals surface area contributed by atoms with Crippen LogP contribution in [0.15, 0.2) is 60.7 Å². The minimum absolute atomic E-state index is 0.124. The molecule has 2 N–H and O–H groups in total. The van der Waals surface area contributed by atoms with Crippen LogP contribution in [0, 0.1) is 0 Å². The third kappa shape index (κ3) is 5.66. The van der Waals surface area contributed by atoms with Crippen LogP contribution >= 0.6 is 0 Å². The maximum atomic E-state index is 12.3. The van der Waals surface area contributed by atoms with Gasteiger partial charge in [-0.2, -0.15) is 0 Å². The molecule has 2 unspecified atom stereocenters. The number of rotatable bonds is 9. The van der Waals surface area contributed by atoms with Gasteiger partial charge >= 0.3 is 0 Å². The molecule has 156 valence electrons. The number of fused-ring (bicyclic) bond motifs is 2. The maximum absolute atomic E-state index is 12.3. The summed E-state index contributed by atoms with van der Waals surface area (Å²) in [4.78, 5) is 2.66. The average Bonchev–Trinajstić information content (AvgIpc) is 2.96. The number of nitrogens with one attached hydrogen (secondary N) is 2. The maximum Gasteiger partial charge on any atom is 0.213 e. The van der Waals surface area contributed by atoms with Crippen LogP contribution in [0.3, 0.4) is 0 Å². The molecule has 2 aromatic carbocycles. The molecule has 2 aromatic rings. The molecular formula is C23H31N3O2S. The van der Waals surface area contributed by atoms with Gasteiger partial charge in [-0.05, 0) is 36.8 Å². The predicted octanol–water partition coefficient (Wildman–Crippen LogP) is 2.89. The Balaban J connectivity index is 1.21. The summed E-state index contributed by atoms with van der Waals surface area (Å²) < 4.78 is 27.3. The zero-order chi connectivity index (χ0) is 20.1. The van der Waals surface area contributed by atoms with E-state index < -0.39 is 10.0 Å². The lowest BCUT2D eigenvalue weighted by molar-refractivity contribution is 0.110. The van der Waals surface area contributed by atoms with Crippen molar-refractivity contribution in [2.75, 3.05) is 12.3 Å². The molecule has 2 atom stereocenters. The lowest BCUT2D eigenvalue weighted by Gasteiger charge is -2.39.